The summed E-state index contributed by atoms with van der Waals surface area (Å²) in [5.41, 5.74) is 1.24. The van der Waals surface area contributed by atoms with Gasteiger partial charge in [0.15, 0.2) is 0 Å². The van der Waals surface area contributed by atoms with E-state index in [0.717, 1.165) is 63.0 Å². The van der Waals surface area contributed by atoms with Crippen LogP contribution in [-0.4, -0.2) is 27.5 Å². The van der Waals surface area contributed by atoms with Crippen LogP contribution >= 0.6 is 0 Å². The second-order valence-electron chi connectivity index (χ2n) is 5.74. The van der Waals surface area contributed by atoms with Crippen LogP contribution in [0.4, 0.5) is 0 Å². The summed E-state index contributed by atoms with van der Waals surface area (Å²) in [6.45, 7) is 9.98. The molecule has 0 aliphatic carbocycles. The van der Waals surface area contributed by atoms with Crippen LogP contribution in [0.2, 0.25) is 0 Å². The number of nitrogens with zero attached hydrogens (tertiary/aromatic N) is 3. The first-order valence-corrected chi connectivity index (χ1v) is 7.77. The van der Waals surface area contributed by atoms with Gasteiger partial charge in [-0.2, -0.15) is 0 Å². The number of rotatable bonds is 6. The molecule has 0 saturated carbocycles. The van der Waals surface area contributed by atoms with Gasteiger partial charge >= 0.3 is 0 Å². The molecule has 0 amide bonds. The van der Waals surface area contributed by atoms with Crippen molar-refractivity contribution in [3.63, 3.8) is 0 Å². The number of hydrogen-bond acceptors (Lipinski definition) is 4. The van der Waals surface area contributed by atoms with Crippen LogP contribution in [0.5, 0.6) is 0 Å². The van der Waals surface area contributed by atoms with Gasteiger partial charge in [0.25, 0.3) is 0 Å². The van der Waals surface area contributed by atoms with E-state index in [1.807, 2.05) is 6.20 Å². The Morgan fingerprint density at radius 1 is 1.38 bits per heavy atom. The van der Waals surface area contributed by atoms with Crippen LogP contribution in [0.25, 0.3) is 0 Å². The van der Waals surface area contributed by atoms with Crippen molar-refractivity contribution < 1.29 is 4.42 Å². The Kier molecular flexibility index (Phi) is 4.41. The maximum Gasteiger partial charge on any atom is 0.122 e. The summed E-state index contributed by atoms with van der Waals surface area (Å²) in [6, 6.07) is 2.17. The summed E-state index contributed by atoms with van der Waals surface area (Å²) < 4.78 is 8.23. The zero-order valence-corrected chi connectivity index (χ0v) is 12.9. The fourth-order valence-corrected chi connectivity index (χ4v) is 2.80. The normalized spacial score (nSPS) is 15.3. The van der Waals surface area contributed by atoms with Crippen molar-refractivity contribution in [3.05, 3.63) is 41.4 Å². The molecule has 5 heteroatoms. The largest absolute Gasteiger partial charge is 0.463 e. The zero-order chi connectivity index (χ0) is 14.7. The molecule has 2 aromatic rings. The molecule has 0 bridgehead atoms. The molecule has 0 saturated heterocycles. The number of furan rings is 1. The van der Waals surface area contributed by atoms with E-state index >= 15 is 0 Å². The lowest BCUT2D eigenvalue weighted by molar-refractivity contribution is 0.192. The van der Waals surface area contributed by atoms with Crippen LogP contribution in [0, 0.1) is 6.92 Å². The second-order valence-corrected chi connectivity index (χ2v) is 5.74. The SMILES string of the molecule is CCCNCc1oc(CN2CCn3ccnc3C2)cc1C. The molecule has 0 aromatic carbocycles. The molecular formula is C16H24N4O. The fourth-order valence-electron chi connectivity index (χ4n) is 2.80. The van der Waals surface area contributed by atoms with Crippen LogP contribution < -0.4 is 5.32 Å². The molecule has 3 rings (SSSR count). The maximum absolute atomic E-state index is 6.00. The summed E-state index contributed by atoms with van der Waals surface area (Å²) in [5.74, 6) is 3.27. The molecule has 0 fully saturated rings. The third kappa shape index (κ3) is 3.36. The first kappa shape index (κ1) is 14.4. The smallest absolute Gasteiger partial charge is 0.122 e. The molecule has 1 N–H and O–H groups in total. The third-order valence-electron chi connectivity index (χ3n) is 3.99. The summed E-state index contributed by atoms with van der Waals surface area (Å²) in [4.78, 5) is 6.79. The quantitative estimate of drug-likeness (QED) is 0.829. The zero-order valence-electron chi connectivity index (χ0n) is 12.9. The number of imidazole rings is 1. The summed E-state index contributed by atoms with van der Waals surface area (Å²) in [7, 11) is 0. The van der Waals surface area contributed by atoms with E-state index in [1.165, 1.54) is 5.56 Å². The van der Waals surface area contributed by atoms with Crippen molar-refractivity contribution in [1.82, 2.24) is 19.8 Å². The summed E-state index contributed by atoms with van der Waals surface area (Å²) >= 11 is 0. The van der Waals surface area contributed by atoms with Gasteiger partial charge in [0.1, 0.15) is 17.3 Å². The van der Waals surface area contributed by atoms with Gasteiger partial charge in [0, 0.05) is 25.5 Å². The highest BCUT2D eigenvalue weighted by molar-refractivity contribution is 5.20. The monoisotopic (exact) mass is 288 g/mol. The molecule has 21 heavy (non-hydrogen) atoms. The number of fused-ring (bicyclic) bond motifs is 1. The van der Waals surface area contributed by atoms with Crippen molar-refractivity contribution >= 4 is 0 Å². The maximum atomic E-state index is 6.00. The second kappa shape index (κ2) is 6.45. The minimum absolute atomic E-state index is 0.823. The first-order valence-electron chi connectivity index (χ1n) is 7.77. The summed E-state index contributed by atoms with van der Waals surface area (Å²) in [6.07, 6.45) is 5.08. The Bertz CT molecular complexity index is 587. The lowest BCUT2D eigenvalue weighted by Gasteiger charge is -2.26. The van der Waals surface area contributed by atoms with E-state index in [9.17, 15) is 0 Å². The number of aromatic nitrogens is 2. The van der Waals surface area contributed by atoms with Crippen molar-refractivity contribution in [3.8, 4) is 0 Å². The Hall–Kier alpha value is -1.59. The predicted octanol–water partition coefficient (Wildman–Crippen LogP) is 2.30. The van der Waals surface area contributed by atoms with Gasteiger partial charge in [0.05, 0.1) is 19.6 Å². The molecular weight excluding hydrogens is 264 g/mol. The van der Waals surface area contributed by atoms with Crippen molar-refractivity contribution in [2.75, 3.05) is 13.1 Å². The molecule has 114 valence electrons. The lowest BCUT2D eigenvalue weighted by atomic mass is 10.2. The molecule has 1 aliphatic rings. The Balaban J connectivity index is 1.59. The average Bonchev–Trinajstić information content (AvgIpc) is 3.06. The van der Waals surface area contributed by atoms with Gasteiger partial charge < -0.3 is 14.3 Å². The molecule has 2 aromatic heterocycles. The molecule has 3 heterocycles. The fraction of sp³-hybridized carbons (Fsp3) is 0.562. The standard InChI is InChI=1S/C16H24N4O/c1-3-4-17-10-15-13(2)9-14(21-15)11-19-7-8-20-6-5-18-16(20)12-19/h5-6,9,17H,3-4,7-8,10-12H2,1-2H3. The summed E-state index contributed by atoms with van der Waals surface area (Å²) in [5, 5.41) is 3.40. The van der Waals surface area contributed by atoms with Crippen molar-refractivity contribution in [1.29, 1.82) is 0 Å². The first-order chi connectivity index (χ1) is 10.3. The number of hydrogen-bond donors (Lipinski definition) is 1. The van der Waals surface area contributed by atoms with Gasteiger partial charge in [-0.15, -0.1) is 0 Å². The van der Waals surface area contributed by atoms with Crippen LogP contribution in [0.1, 0.15) is 36.3 Å². The topological polar surface area (TPSA) is 46.2 Å². The van der Waals surface area contributed by atoms with Gasteiger partial charge in [-0.05, 0) is 31.5 Å². The molecule has 0 spiro atoms. The van der Waals surface area contributed by atoms with Crippen molar-refractivity contribution in [2.45, 2.75) is 46.4 Å². The molecule has 1 aliphatic heterocycles. The van der Waals surface area contributed by atoms with Gasteiger partial charge in [-0.3, -0.25) is 4.90 Å². The van der Waals surface area contributed by atoms with Crippen LogP contribution in [0.3, 0.4) is 0 Å². The lowest BCUT2D eigenvalue weighted by Crippen LogP contribution is -2.33. The average molecular weight is 288 g/mol. The van der Waals surface area contributed by atoms with E-state index in [1.54, 1.807) is 0 Å². The minimum atomic E-state index is 0.823. The van der Waals surface area contributed by atoms with E-state index in [4.69, 9.17) is 4.42 Å². The Morgan fingerprint density at radius 2 is 2.29 bits per heavy atom. The highest BCUT2D eigenvalue weighted by atomic mass is 16.3. The molecule has 0 atom stereocenters. The third-order valence-corrected chi connectivity index (χ3v) is 3.99. The number of nitrogens with one attached hydrogen (secondary N) is 1. The predicted molar refractivity (Wildman–Crippen MR) is 81.8 cm³/mol. The number of aryl methyl sites for hydroxylation is 1. The highest BCUT2D eigenvalue weighted by Crippen LogP contribution is 2.19. The molecule has 5 nitrogen and oxygen atoms in total. The van der Waals surface area contributed by atoms with Gasteiger partial charge in [-0.1, -0.05) is 6.92 Å². The van der Waals surface area contributed by atoms with Gasteiger partial charge in [-0.25, -0.2) is 4.98 Å². The Morgan fingerprint density at radius 3 is 3.14 bits per heavy atom. The highest BCUT2D eigenvalue weighted by Gasteiger charge is 2.18. The van der Waals surface area contributed by atoms with E-state index in [0.29, 0.717) is 0 Å². The van der Waals surface area contributed by atoms with Crippen LogP contribution in [0.15, 0.2) is 22.9 Å². The minimum Gasteiger partial charge on any atom is -0.463 e. The van der Waals surface area contributed by atoms with Crippen molar-refractivity contribution in [2.24, 2.45) is 0 Å². The Labute approximate surface area is 126 Å². The van der Waals surface area contributed by atoms with Crippen LogP contribution in [-0.2, 0) is 26.2 Å². The van der Waals surface area contributed by atoms with E-state index < -0.39 is 0 Å². The molecule has 0 radical (unpaired) electrons. The van der Waals surface area contributed by atoms with Gasteiger partial charge in [0.2, 0.25) is 0 Å². The van der Waals surface area contributed by atoms with E-state index in [2.05, 4.69) is 45.9 Å². The molecule has 0 unspecified atom stereocenters. The van der Waals surface area contributed by atoms with E-state index in [-0.39, 0.29) is 0 Å².